The van der Waals surface area contributed by atoms with Crippen molar-refractivity contribution in [2.45, 2.75) is 52.0 Å². The van der Waals surface area contributed by atoms with E-state index in [1.54, 1.807) is 0 Å². The maximum Gasteiger partial charge on any atom is 0.0511 e. The molecule has 1 atom stereocenters. The fourth-order valence-electron chi connectivity index (χ4n) is 2.73. The predicted molar refractivity (Wildman–Crippen MR) is 74.0 cm³/mol. The van der Waals surface area contributed by atoms with Gasteiger partial charge in [0.2, 0.25) is 0 Å². The van der Waals surface area contributed by atoms with Crippen molar-refractivity contribution >= 4 is 0 Å². The van der Waals surface area contributed by atoms with E-state index >= 15 is 0 Å². The van der Waals surface area contributed by atoms with Crippen LogP contribution in [-0.2, 0) is 0 Å². The summed E-state index contributed by atoms with van der Waals surface area (Å²) in [4.78, 5) is 0. The summed E-state index contributed by atoms with van der Waals surface area (Å²) in [5.74, 6) is 0. The van der Waals surface area contributed by atoms with Crippen LogP contribution in [0.4, 0.5) is 0 Å². The van der Waals surface area contributed by atoms with Crippen molar-refractivity contribution in [2.24, 2.45) is 5.73 Å². The van der Waals surface area contributed by atoms with Gasteiger partial charge in [-0.1, -0.05) is 47.4 Å². The normalized spacial score (nSPS) is 18.4. The standard InChI is InChI=1S/C16H23N/c1-12-9-13(2)11-15(10-12)16(17)14-7-5-3-4-6-8-14/h7,9-11,16H,3-6,8,17H2,1-2H3. The van der Waals surface area contributed by atoms with Crippen molar-refractivity contribution in [2.75, 3.05) is 0 Å². The first kappa shape index (κ1) is 12.4. The second-order valence-corrected chi connectivity index (χ2v) is 5.28. The van der Waals surface area contributed by atoms with Gasteiger partial charge in [0.25, 0.3) is 0 Å². The van der Waals surface area contributed by atoms with Gasteiger partial charge in [0.15, 0.2) is 0 Å². The summed E-state index contributed by atoms with van der Waals surface area (Å²) < 4.78 is 0. The van der Waals surface area contributed by atoms with Gasteiger partial charge in [0, 0.05) is 0 Å². The Kier molecular flexibility index (Phi) is 4.01. The van der Waals surface area contributed by atoms with Gasteiger partial charge < -0.3 is 5.73 Å². The van der Waals surface area contributed by atoms with Gasteiger partial charge >= 0.3 is 0 Å². The topological polar surface area (TPSA) is 26.0 Å². The van der Waals surface area contributed by atoms with E-state index < -0.39 is 0 Å². The molecular weight excluding hydrogens is 206 g/mol. The van der Waals surface area contributed by atoms with E-state index in [0.717, 1.165) is 0 Å². The van der Waals surface area contributed by atoms with Crippen molar-refractivity contribution in [3.63, 3.8) is 0 Å². The molecule has 1 heteroatoms. The van der Waals surface area contributed by atoms with Gasteiger partial charge in [-0.15, -0.1) is 0 Å². The quantitative estimate of drug-likeness (QED) is 0.756. The monoisotopic (exact) mass is 229 g/mol. The van der Waals surface area contributed by atoms with Crippen LogP contribution in [-0.4, -0.2) is 0 Å². The zero-order chi connectivity index (χ0) is 12.3. The van der Waals surface area contributed by atoms with E-state index in [4.69, 9.17) is 5.73 Å². The lowest BCUT2D eigenvalue weighted by Gasteiger charge is -2.17. The van der Waals surface area contributed by atoms with Crippen LogP contribution in [0.3, 0.4) is 0 Å². The van der Waals surface area contributed by atoms with Gasteiger partial charge in [-0.2, -0.15) is 0 Å². The van der Waals surface area contributed by atoms with E-state index in [1.807, 2.05) is 0 Å². The highest BCUT2D eigenvalue weighted by Crippen LogP contribution is 2.28. The summed E-state index contributed by atoms with van der Waals surface area (Å²) in [6.07, 6.45) is 8.71. The number of nitrogens with two attached hydrogens (primary N) is 1. The summed E-state index contributed by atoms with van der Waals surface area (Å²) in [6, 6.07) is 6.76. The van der Waals surface area contributed by atoms with Crippen LogP contribution in [0.15, 0.2) is 29.8 Å². The fourth-order valence-corrected chi connectivity index (χ4v) is 2.73. The highest BCUT2D eigenvalue weighted by Gasteiger charge is 2.13. The lowest BCUT2D eigenvalue weighted by atomic mass is 9.94. The Morgan fingerprint density at radius 1 is 1.00 bits per heavy atom. The van der Waals surface area contributed by atoms with Gasteiger partial charge in [-0.3, -0.25) is 0 Å². The summed E-state index contributed by atoms with van der Waals surface area (Å²) in [6.45, 7) is 4.29. The van der Waals surface area contributed by atoms with Crippen molar-refractivity contribution in [3.8, 4) is 0 Å². The molecule has 1 aromatic carbocycles. The molecule has 0 amide bonds. The second-order valence-electron chi connectivity index (χ2n) is 5.28. The minimum absolute atomic E-state index is 0.103. The minimum Gasteiger partial charge on any atom is -0.321 e. The molecule has 2 N–H and O–H groups in total. The molecule has 17 heavy (non-hydrogen) atoms. The molecule has 0 spiro atoms. The lowest BCUT2D eigenvalue weighted by molar-refractivity contribution is 0.688. The van der Waals surface area contributed by atoms with Crippen LogP contribution >= 0.6 is 0 Å². The lowest BCUT2D eigenvalue weighted by Crippen LogP contribution is -2.13. The van der Waals surface area contributed by atoms with Crippen molar-refractivity contribution < 1.29 is 0 Å². The average Bonchev–Trinajstić information content (AvgIpc) is 2.55. The third-order valence-corrected chi connectivity index (χ3v) is 3.58. The van der Waals surface area contributed by atoms with Crippen molar-refractivity contribution in [1.82, 2.24) is 0 Å². The number of benzene rings is 1. The molecule has 1 unspecified atom stereocenters. The highest BCUT2D eigenvalue weighted by atomic mass is 14.6. The number of allylic oxidation sites excluding steroid dienone is 1. The third-order valence-electron chi connectivity index (χ3n) is 3.58. The number of hydrogen-bond donors (Lipinski definition) is 1. The predicted octanol–water partition coefficient (Wildman–Crippen LogP) is 4.19. The Morgan fingerprint density at radius 2 is 1.71 bits per heavy atom. The molecule has 1 aliphatic rings. The van der Waals surface area contributed by atoms with Crippen LogP contribution < -0.4 is 5.73 Å². The number of rotatable bonds is 2. The second kappa shape index (κ2) is 5.50. The molecule has 0 saturated heterocycles. The molecule has 0 radical (unpaired) electrons. The summed E-state index contributed by atoms with van der Waals surface area (Å²) >= 11 is 0. The molecule has 0 heterocycles. The molecule has 1 aliphatic carbocycles. The Hall–Kier alpha value is -1.08. The molecule has 2 rings (SSSR count). The number of hydrogen-bond acceptors (Lipinski definition) is 1. The molecule has 1 aromatic rings. The zero-order valence-electron chi connectivity index (χ0n) is 11.0. The van der Waals surface area contributed by atoms with Crippen molar-refractivity contribution in [1.29, 1.82) is 0 Å². The van der Waals surface area contributed by atoms with Crippen molar-refractivity contribution in [3.05, 3.63) is 46.5 Å². The van der Waals surface area contributed by atoms with E-state index in [0.29, 0.717) is 0 Å². The van der Waals surface area contributed by atoms with Crippen LogP contribution in [0.2, 0.25) is 0 Å². The largest absolute Gasteiger partial charge is 0.321 e. The van der Waals surface area contributed by atoms with E-state index in [-0.39, 0.29) is 6.04 Å². The van der Waals surface area contributed by atoms with E-state index in [1.165, 1.54) is 54.4 Å². The first-order valence-electron chi connectivity index (χ1n) is 6.69. The molecular formula is C16H23N. The highest BCUT2D eigenvalue weighted by molar-refractivity contribution is 5.35. The molecule has 0 bridgehead atoms. The van der Waals surface area contributed by atoms with E-state index in [2.05, 4.69) is 38.1 Å². The Labute approximate surface area is 105 Å². The Bertz CT molecular complexity index is 397. The summed E-state index contributed by atoms with van der Waals surface area (Å²) in [5, 5.41) is 0. The van der Waals surface area contributed by atoms with Crippen LogP contribution in [0.1, 0.15) is 54.8 Å². The maximum atomic E-state index is 6.41. The van der Waals surface area contributed by atoms with Gasteiger partial charge in [0.1, 0.15) is 0 Å². The van der Waals surface area contributed by atoms with Crippen LogP contribution in [0.25, 0.3) is 0 Å². The SMILES string of the molecule is Cc1cc(C)cc(C(N)C2=CCCCCC2)c1. The molecule has 0 fully saturated rings. The molecule has 92 valence electrons. The molecule has 0 aliphatic heterocycles. The molecule has 1 nitrogen and oxygen atoms in total. The third kappa shape index (κ3) is 3.19. The summed E-state index contributed by atoms with van der Waals surface area (Å²) in [7, 11) is 0. The minimum atomic E-state index is 0.103. The Morgan fingerprint density at radius 3 is 2.41 bits per heavy atom. The maximum absolute atomic E-state index is 6.41. The molecule has 0 saturated carbocycles. The first-order valence-corrected chi connectivity index (χ1v) is 6.69. The Balaban J connectivity index is 2.23. The number of aryl methyl sites for hydroxylation is 2. The van der Waals surface area contributed by atoms with Crippen LogP contribution in [0, 0.1) is 13.8 Å². The van der Waals surface area contributed by atoms with E-state index in [9.17, 15) is 0 Å². The fraction of sp³-hybridized carbons (Fsp3) is 0.500. The average molecular weight is 229 g/mol. The van der Waals surface area contributed by atoms with Crippen LogP contribution in [0.5, 0.6) is 0 Å². The first-order chi connectivity index (χ1) is 8.16. The zero-order valence-corrected chi connectivity index (χ0v) is 11.0. The smallest absolute Gasteiger partial charge is 0.0511 e. The van der Waals surface area contributed by atoms with Gasteiger partial charge in [-0.25, -0.2) is 0 Å². The van der Waals surface area contributed by atoms with Gasteiger partial charge in [0.05, 0.1) is 6.04 Å². The van der Waals surface area contributed by atoms with Gasteiger partial charge in [-0.05, 0) is 45.1 Å². The summed E-state index contributed by atoms with van der Waals surface area (Å²) in [5.41, 5.74) is 11.7. The molecule has 0 aromatic heterocycles.